The molecule has 0 atom stereocenters. The third-order valence-corrected chi connectivity index (χ3v) is 4.07. The number of rotatable bonds is 5. The predicted octanol–water partition coefficient (Wildman–Crippen LogP) is 5.50. The minimum absolute atomic E-state index is 0.00967. The summed E-state index contributed by atoms with van der Waals surface area (Å²) in [5.74, 6) is -1.08. The number of amides is 1. The van der Waals surface area contributed by atoms with Crippen LogP contribution in [0, 0.1) is 11.6 Å². The van der Waals surface area contributed by atoms with E-state index in [-0.39, 0.29) is 18.5 Å². The summed E-state index contributed by atoms with van der Waals surface area (Å²) in [5, 5.41) is 3.23. The lowest BCUT2D eigenvalue weighted by molar-refractivity contribution is -0.116. The van der Waals surface area contributed by atoms with E-state index in [1.165, 1.54) is 6.20 Å². The van der Waals surface area contributed by atoms with E-state index in [4.69, 9.17) is 27.6 Å². The van der Waals surface area contributed by atoms with Crippen molar-refractivity contribution in [1.29, 1.82) is 0 Å². The molecule has 3 aromatic rings. The maximum atomic E-state index is 13.5. The van der Waals surface area contributed by atoms with Crippen molar-refractivity contribution < 1.29 is 18.0 Å². The van der Waals surface area contributed by atoms with Crippen LogP contribution in [0.25, 0.3) is 11.3 Å². The van der Waals surface area contributed by atoms with Gasteiger partial charge in [-0.15, -0.1) is 0 Å². The maximum Gasteiger partial charge on any atom is 0.224 e. The molecule has 1 aromatic heterocycles. The van der Waals surface area contributed by atoms with Gasteiger partial charge in [-0.05, 0) is 30.3 Å². The van der Waals surface area contributed by atoms with Crippen molar-refractivity contribution in [2.75, 3.05) is 5.32 Å². The van der Waals surface area contributed by atoms with Crippen LogP contribution in [0.1, 0.15) is 12.3 Å². The van der Waals surface area contributed by atoms with E-state index in [1.807, 2.05) is 0 Å². The number of carbonyl (C=O) groups excluding carboxylic acids is 1. The lowest BCUT2D eigenvalue weighted by Crippen LogP contribution is -2.13. The first-order valence-corrected chi connectivity index (χ1v) is 8.33. The number of benzene rings is 2. The molecular formula is C18H12Cl2F2N2O2. The molecule has 1 N–H and O–H groups in total. The minimum Gasteiger partial charge on any atom is -0.441 e. The van der Waals surface area contributed by atoms with Crippen LogP contribution < -0.4 is 5.32 Å². The quantitative estimate of drug-likeness (QED) is 0.619. The number of carbonyl (C=O) groups is 1. The van der Waals surface area contributed by atoms with E-state index in [1.54, 1.807) is 18.2 Å². The Morgan fingerprint density at radius 2 is 1.96 bits per heavy atom. The molecule has 0 bridgehead atoms. The SMILES string of the molecule is O=C(CCc1ncc(-c2ccc(Cl)cc2Cl)o1)Nc1cc(F)ccc1F. The highest BCUT2D eigenvalue weighted by molar-refractivity contribution is 6.36. The van der Waals surface area contributed by atoms with Crippen LogP contribution in [0.2, 0.25) is 10.0 Å². The van der Waals surface area contributed by atoms with Gasteiger partial charge in [0.25, 0.3) is 0 Å². The zero-order valence-electron chi connectivity index (χ0n) is 13.2. The van der Waals surface area contributed by atoms with Gasteiger partial charge in [-0.2, -0.15) is 0 Å². The summed E-state index contributed by atoms with van der Waals surface area (Å²) >= 11 is 12.0. The van der Waals surface area contributed by atoms with E-state index >= 15 is 0 Å². The summed E-state index contributed by atoms with van der Waals surface area (Å²) in [6.45, 7) is 0. The first-order valence-electron chi connectivity index (χ1n) is 7.57. The highest BCUT2D eigenvalue weighted by atomic mass is 35.5. The van der Waals surface area contributed by atoms with Crippen LogP contribution in [0.4, 0.5) is 14.5 Å². The number of halogens is 4. The van der Waals surface area contributed by atoms with E-state index in [0.717, 1.165) is 18.2 Å². The van der Waals surface area contributed by atoms with E-state index in [0.29, 0.717) is 27.3 Å². The summed E-state index contributed by atoms with van der Waals surface area (Å²) in [6.07, 6.45) is 1.67. The Morgan fingerprint density at radius 3 is 2.73 bits per heavy atom. The second-order valence-electron chi connectivity index (χ2n) is 5.41. The second-order valence-corrected chi connectivity index (χ2v) is 6.26. The molecule has 2 aromatic carbocycles. The van der Waals surface area contributed by atoms with Crippen molar-refractivity contribution in [2.24, 2.45) is 0 Å². The summed E-state index contributed by atoms with van der Waals surface area (Å²) in [6, 6.07) is 7.79. The van der Waals surface area contributed by atoms with Crippen LogP contribution in [0.5, 0.6) is 0 Å². The molecule has 0 radical (unpaired) electrons. The average Bonchev–Trinajstić information content (AvgIpc) is 3.05. The maximum absolute atomic E-state index is 13.5. The summed E-state index contributed by atoms with van der Waals surface area (Å²) in [7, 11) is 0. The van der Waals surface area contributed by atoms with Crippen LogP contribution in [-0.4, -0.2) is 10.9 Å². The molecule has 0 saturated heterocycles. The summed E-state index contributed by atoms with van der Waals surface area (Å²) in [5.41, 5.74) is 0.414. The number of hydrogen-bond donors (Lipinski definition) is 1. The first-order chi connectivity index (χ1) is 12.4. The summed E-state index contributed by atoms with van der Waals surface area (Å²) in [4.78, 5) is 16.0. The van der Waals surface area contributed by atoms with Crippen molar-refractivity contribution in [3.05, 3.63) is 70.2 Å². The Bertz CT molecular complexity index is 960. The van der Waals surface area contributed by atoms with Crippen molar-refractivity contribution in [3.63, 3.8) is 0 Å². The predicted molar refractivity (Wildman–Crippen MR) is 95.3 cm³/mol. The molecule has 0 fully saturated rings. The van der Waals surface area contributed by atoms with Crippen molar-refractivity contribution >= 4 is 34.8 Å². The Labute approximate surface area is 157 Å². The summed E-state index contributed by atoms with van der Waals surface area (Å²) < 4.78 is 32.2. The van der Waals surface area contributed by atoms with Gasteiger partial charge in [0, 0.05) is 29.5 Å². The van der Waals surface area contributed by atoms with Gasteiger partial charge in [0.1, 0.15) is 11.6 Å². The van der Waals surface area contributed by atoms with Gasteiger partial charge in [0.05, 0.1) is 16.9 Å². The normalized spacial score (nSPS) is 10.8. The van der Waals surface area contributed by atoms with Gasteiger partial charge in [-0.25, -0.2) is 13.8 Å². The third-order valence-electron chi connectivity index (χ3n) is 3.52. The molecule has 0 aliphatic heterocycles. The third kappa shape index (κ3) is 4.39. The highest BCUT2D eigenvalue weighted by Crippen LogP contribution is 2.30. The molecule has 26 heavy (non-hydrogen) atoms. The van der Waals surface area contributed by atoms with Crippen LogP contribution >= 0.6 is 23.2 Å². The fourth-order valence-electron chi connectivity index (χ4n) is 2.27. The zero-order valence-corrected chi connectivity index (χ0v) is 14.7. The van der Waals surface area contributed by atoms with Gasteiger partial charge in [-0.3, -0.25) is 4.79 Å². The van der Waals surface area contributed by atoms with E-state index in [2.05, 4.69) is 10.3 Å². The fraction of sp³-hybridized carbons (Fsp3) is 0.111. The molecule has 1 amide bonds. The molecule has 4 nitrogen and oxygen atoms in total. The smallest absolute Gasteiger partial charge is 0.224 e. The lowest BCUT2D eigenvalue weighted by Gasteiger charge is -2.05. The lowest BCUT2D eigenvalue weighted by atomic mass is 10.2. The molecule has 0 aliphatic carbocycles. The van der Waals surface area contributed by atoms with Crippen LogP contribution in [0.3, 0.4) is 0 Å². The molecule has 3 rings (SSSR count). The van der Waals surface area contributed by atoms with Crippen LogP contribution in [0.15, 0.2) is 47.0 Å². The molecule has 134 valence electrons. The van der Waals surface area contributed by atoms with Crippen molar-refractivity contribution in [3.8, 4) is 11.3 Å². The number of aryl methyl sites for hydroxylation is 1. The Morgan fingerprint density at radius 1 is 1.15 bits per heavy atom. The molecular weight excluding hydrogens is 385 g/mol. The Kier molecular flexibility index (Phi) is 5.54. The Balaban J connectivity index is 1.62. The van der Waals surface area contributed by atoms with Crippen molar-refractivity contribution in [1.82, 2.24) is 4.98 Å². The average molecular weight is 397 g/mol. The Hall–Kier alpha value is -2.44. The number of nitrogens with zero attached hydrogens (tertiary/aromatic N) is 1. The fourth-order valence-corrected chi connectivity index (χ4v) is 2.77. The van der Waals surface area contributed by atoms with Gasteiger partial charge in [0.15, 0.2) is 11.7 Å². The van der Waals surface area contributed by atoms with Gasteiger partial charge in [0.2, 0.25) is 5.91 Å². The largest absolute Gasteiger partial charge is 0.441 e. The molecule has 1 heterocycles. The van der Waals surface area contributed by atoms with Gasteiger partial charge >= 0.3 is 0 Å². The van der Waals surface area contributed by atoms with E-state index < -0.39 is 17.5 Å². The standard InChI is InChI=1S/C18H12Cl2F2N2O2/c19-10-1-3-12(13(20)7-10)16-9-23-18(26-16)6-5-17(25)24-15-8-11(21)2-4-14(15)22/h1-4,7-9H,5-6H2,(H,24,25). The molecule has 0 spiro atoms. The second kappa shape index (κ2) is 7.85. The van der Waals surface area contributed by atoms with Gasteiger partial charge in [-0.1, -0.05) is 23.2 Å². The van der Waals surface area contributed by atoms with Crippen molar-refractivity contribution in [2.45, 2.75) is 12.8 Å². The minimum atomic E-state index is -0.712. The number of nitrogens with one attached hydrogen (secondary N) is 1. The number of oxazole rings is 1. The topological polar surface area (TPSA) is 55.1 Å². The number of anilines is 1. The molecule has 8 heteroatoms. The van der Waals surface area contributed by atoms with Crippen LogP contribution in [-0.2, 0) is 11.2 Å². The molecule has 0 saturated carbocycles. The monoisotopic (exact) mass is 396 g/mol. The first kappa shape index (κ1) is 18.4. The number of hydrogen-bond acceptors (Lipinski definition) is 3. The number of aromatic nitrogens is 1. The molecule has 0 aliphatic rings. The van der Waals surface area contributed by atoms with Gasteiger partial charge < -0.3 is 9.73 Å². The zero-order chi connectivity index (χ0) is 18.7. The van der Waals surface area contributed by atoms with E-state index in [9.17, 15) is 13.6 Å². The highest BCUT2D eigenvalue weighted by Gasteiger charge is 2.13. The molecule has 0 unspecified atom stereocenters.